The van der Waals surface area contributed by atoms with Crippen molar-refractivity contribution in [2.24, 2.45) is 0 Å². The maximum absolute atomic E-state index is 12.8. The van der Waals surface area contributed by atoms with Gasteiger partial charge in [-0.1, -0.05) is 6.07 Å². The molecule has 0 bridgehead atoms. The van der Waals surface area contributed by atoms with Crippen LogP contribution in [0, 0.1) is 6.92 Å². The van der Waals surface area contributed by atoms with Gasteiger partial charge in [-0.25, -0.2) is 4.79 Å². The number of aryl methyl sites for hydroxylation is 3. The molecular formula is C18H19N3O. The van der Waals surface area contributed by atoms with Crippen LogP contribution in [0.25, 0.3) is 0 Å². The lowest BCUT2D eigenvalue weighted by atomic mass is 10.1. The fourth-order valence-electron chi connectivity index (χ4n) is 3.46. The molecule has 1 aromatic heterocycles. The number of hydrogen-bond acceptors (Lipinski definition) is 2. The van der Waals surface area contributed by atoms with E-state index < -0.39 is 0 Å². The summed E-state index contributed by atoms with van der Waals surface area (Å²) in [5.41, 5.74) is 5.86. The molecule has 2 heterocycles. The topological polar surface area (TPSA) is 36.4 Å². The Bertz CT molecular complexity index is 741. The highest BCUT2D eigenvalue weighted by atomic mass is 16.2. The van der Waals surface area contributed by atoms with Crippen LogP contribution >= 0.6 is 0 Å². The molecule has 0 atom stereocenters. The van der Waals surface area contributed by atoms with Crippen molar-refractivity contribution in [1.82, 2.24) is 4.98 Å². The highest BCUT2D eigenvalue weighted by Crippen LogP contribution is 2.30. The minimum atomic E-state index is 0.0500. The van der Waals surface area contributed by atoms with Crippen molar-refractivity contribution in [3.05, 3.63) is 53.3 Å². The van der Waals surface area contributed by atoms with Gasteiger partial charge in [-0.15, -0.1) is 0 Å². The number of urea groups is 1. The van der Waals surface area contributed by atoms with Crippen LogP contribution in [0.2, 0.25) is 0 Å². The Hall–Kier alpha value is -2.36. The number of nitrogens with zero attached hydrogens (tertiary/aromatic N) is 3. The third kappa shape index (κ3) is 2.06. The summed E-state index contributed by atoms with van der Waals surface area (Å²) in [6.45, 7) is 3.46. The summed E-state index contributed by atoms with van der Waals surface area (Å²) in [6, 6.07) is 8.46. The van der Waals surface area contributed by atoms with Crippen LogP contribution < -0.4 is 9.80 Å². The largest absolute Gasteiger partial charge is 0.329 e. The van der Waals surface area contributed by atoms with E-state index >= 15 is 0 Å². The van der Waals surface area contributed by atoms with Gasteiger partial charge in [-0.2, -0.15) is 0 Å². The molecule has 0 radical (unpaired) electrons. The van der Waals surface area contributed by atoms with Crippen molar-refractivity contribution in [3.63, 3.8) is 0 Å². The van der Waals surface area contributed by atoms with Crippen molar-refractivity contribution in [1.29, 1.82) is 0 Å². The van der Waals surface area contributed by atoms with Gasteiger partial charge in [0.15, 0.2) is 0 Å². The zero-order chi connectivity index (χ0) is 15.1. The number of amides is 2. The van der Waals surface area contributed by atoms with Gasteiger partial charge in [0.2, 0.25) is 0 Å². The fourth-order valence-corrected chi connectivity index (χ4v) is 3.46. The smallest absolute Gasteiger partial charge is 0.292 e. The zero-order valence-corrected chi connectivity index (χ0v) is 12.7. The number of rotatable bonds is 2. The second kappa shape index (κ2) is 5.13. The summed E-state index contributed by atoms with van der Waals surface area (Å²) >= 11 is 0. The van der Waals surface area contributed by atoms with E-state index in [9.17, 15) is 4.79 Å². The van der Waals surface area contributed by atoms with E-state index in [1.54, 1.807) is 12.4 Å². The van der Waals surface area contributed by atoms with E-state index in [0.717, 1.165) is 29.9 Å². The minimum Gasteiger partial charge on any atom is -0.292 e. The molecule has 0 unspecified atom stereocenters. The molecule has 112 valence electrons. The van der Waals surface area contributed by atoms with E-state index in [1.165, 1.54) is 24.0 Å². The fraction of sp³-hybridized carbons (Fsp3) is 0.333. The quantitative estimate of drug-likeness (QED) is 0.851. The molecule has 1 saturated heterocycles. The molecule has 1 aromatic carbocycles. The Morgan fingerprint density at radius 1 is 1.05 bits per heavy atom. The molecule has 1 aliphatic heterocycles. The molecule has 2 aromatic rings. The molecule has 0 N–H and O–H groups in total. The van der Waals surface area contributed by atoms with Gasteiger partial charge in [0, 0.05) is 25.0 Å². The van der Waals surface area contributed by atoms with Crippen molar-refractivity contribution in [3.8, 4) is 0 Å². The summed E-state index contributed by atoms with van der Waals surface area (Å²) in [6.07, 6.45) is 7.08. The molecule has 4 rings (SSSR count). The Balaban J connectivity index is 1.63. The Morgan fingerprint density at radius 3 is 2.73 bits per heavy atom. The number of hydrogen-bond donors (Lipinski definition) is 0. The Kier molecular flexibility index (Phi) is 3.10. The molecule has 1 fully saturated rings. The summed E-state index contributed by atoms with van der Waals surface area (Å²) in [4.78, 5) is 20.6. The summed E-state index contributed by atoms with van der Waals surface area (Å²) in [5.74, 6) is 0. The maximum atomic E-state index is 12.8. The molecule has 2 aliphatic rings. The predicted molar refractivity (Wildman–Crippen MR) is 87.5 cm³/mol. The first-order valence-corrected chi connectivity index (χ1v) is 7.85. The number of pyridine rings is 1. The van der Waals surface area contributed by atoms with Crippen LogP contribution in [0.5, 0.6) is 0 Å². The second-order valence-corrected chi connectivity index (χ2v) is 6.05. The lowest BCUT2D eigenvalue weighted by Crippen LogP contribution is -2.32. The van der Waals surface area contributed by atoms with Crippen LogP contribution in [-0.2, 0) is 12.8 Å². The first-order valence-electron chi connectivity index (χ1n) is 7.85. The normalized spacial score (nSPS) is 17.2. The number of benzene rings is 1. The third-order valence-corrected chi connectivity index (χ3v) is 4.71. The molecule has 4 heteroatoms. The van der Waals surface area contributed by atoms with E-state index in [4.69, 9.17) is 0 Å². The SMILES string of the molecule is Cc1ccncc1N1CCN(c2ccc3c(c2)CCC3)C1=O. The van der Waals surface area contributed by atoms with Gasteiger partial charge >= 0.3 is 6.03 Å². The van der Waals surface area contributed by atoms with Crippen molar-refractivity contribution < 1.29 is 4.79 Å². The van der Waals surface area contributed by atoms with Crippen LogP contribution in [0.4, 0.5) is 16.2 Å². The minimum absolute atomic E-state index is 0.0500. The van der Waals surface area contributed by atoms with Crippen molar-refractivity contribution >= 4 is 17.4 Å². The van der Waals surface area contributed by atoms with Gasteiger partial charge in [0.25, 0.3) is 0 Å². The first-order chi connectivity index (χ1) is 10.7. The molecule has 22 heavy (non-hydrogen) atoms. The van der Waals surface area contributed by atoms with Gasteiger partial charge in [0.05, 0.1) is 11.9 Å². The van der Waals surface area contributed by atoms with E-state index in [-0.39, 0.29) is 6.03 Å². The van der Waals surface area contributed by atoms with E-state index in [0.29, 0.717) is 6.54 Å². The van der Waals surface area contributed by atoms with Crippen molar-refractivity contribution in [2.75, 3.05) is 22.9 Å². The first kappa shape index (κ1) is 13.3. The standard InChI is InChI=1S/C18H19N3O/c1-13-7-8-19-12-17(13)21-10-9-20(18(21)22)16-6-5-14-3-2-4-15(14)11-16/h5-8,11-12H,2-4,9-10H2,1H3. The van der Waals surface area contributed by atoms with Crippen LogP contribution in [0.1, 0.15) is 23.1 Å². The predicted octanol–water partition coefficient (Wildman–Crippen LogP) is 3.33. The molecule has 4 nitrogen and oxygen atoms in total. The van der Waals surface area contributed by atoms with Crippen molar-refractivity contribution in [2.45, 2.75) is 26.2 Å². The average Bonchev–Trinajstić information content (AvgIpc) is 3.13. The molecule has 2 amide bonds. The highest BCUT2D eigenvalue weighted by molar-refractivity contribution is 6.06. The highest BCUT2D eigenvalue weighted by Gasteiger charge is 2.31. The number of aromatic nitrogens is 1. The lowest BCUT2D eigenvalue weighted by molar-refractivity contribution is 0.256. The number of anilines is 2. The second-order valence-electron chi connectivity index (χ2n) is 6.05. The van der Waals surface area contributed by atoms with E-state index in [1.807, 2.05) is 22.8 Å². The van der Waals surface area contributed by atoms with Crippen LogP contribution in [0.3, 0.4) is 0 Å². The number of fused-ring (bicyclic) bond motifs is 1. The van der Waals surface area contributed by atoms with Gasteiger partial charge < -0.3 is 0 Å². The summed E-state index contributed by atoms with van der Waals surface area (Å²) in [7, 11) is 0. The Morgan fingerprint density at radius 2 is 1.86 bits per heavy atom. The molecular weight excluding hydrogens is 274 g/mol. The summed E-state index contributed by atoms with van der Waals surface area (Å²) in [5, 5.41) is 0. The van der Waals surface area contributed by atoms with Crippen LogP contribution in [0.15, 0.2) is 36.7 Å². The molecule has 1 aliphatic carbocycles. The third-order valence-electron chi connectivity index (χ3n) is 4.71. The summed E-state index contributed by atoms with van der Waals surface area (Å²) < 4.78 is 0. The van der Waals surface area contributed by atoms with Gasteiger partial charge in [-0.3, -0.25) is 14.8 Å². The maximum Gasteiger partial charge on any atom is 0.329 e. The number of carbonyl (C=O) groups excluding carboxylic acids is 1. The molecule has 0 saturated carbocycles. The lowest BCUT2D eigenvalue weighted by Gasteiger charge is -2.20. The zero-order valence-electron chi connectivity index (χ0n) is 12.7. The monoisotopic (exact) mass is 293 g/mol. The van der Waals surface area contributed by atoms with E-state index in [2.05, 4.69) is 23.2 Å². The Labute approximate surface area is 130 Å². The molecule has 0 spiro atoms. The van der Waals surface area contributed by atoms with Gasteiger partial charge in [0.1, 0.15) is 0 Å². The van der Waals surface area contributed by atoms with Crippen LogP contribution in [-0.4, -0.2) is 24.1 Å². The average molecular weight is 293 g/mol. The number of carbonyl (C=O) groups is 1. The van der Waals surface area contributed by atoms with Gasteiger partial charge in [-0.05, 0) is 61.1 Å².